The van der Waals surface area contributed by atoms with Gasteiger partial charge in [0.1, 0.15) is 6.61 Å². The molecule has 3 aromatic rings. The van der Waals surface area contributed by atoms with Crippen molar-refractivity contribution >= 4 is 18.0 Å². The highest BCUT2D eigenvalue weighted by Crippen LogP contribution is 2.44. The highest BCUT2D eigenvalue weighted by molar-refractivity contribution is 5.85. The first-order valence-electron chi connectivity index (χ1n) is 14.5. The van der Waals surface area contributed by atoms with E-state index in [1.54, 1.807) is 13.8 Å². The van der Waals surface area contributed by atoms with E-state index in [2.05, 4.69) is 34.9 Å². The first-order valence-corrected chi connectivity index (χ1v) is 14.5. The van der Waals surface area contributed by atoms with Crippen LogP contribution in [-0.4, -0.2) is 47.9 Å². The molecule has 0 aromatic heterocycles. The molecule has 8 heteroatoms. The number of alkyl carbamates (subject to hydrolysis) is 1. The zero-order chi connectivity index (χ0) is 30.1. The zero-order valence-electron chi connectivity index (χ0n) is 24.4. The lowest BCUT2D eigenvalue weighted by Crippen LogP contribution is -2.50. The van der Waals surface area contributed by atoms with Crippen molar-refractivity contribution < 1.29 is 29.0 Å². The Morgan fingerprint density at radius 2 is 1.40 bits per heavy atom. The summed E-state index contributed by atoms with van der Waals surface area (Å²) in [5.74, 6) is -1.87. The topological polar surface area (TPSA) is 114 Å². The van der Waals surface area contributed by atoms with Gasteiger partial charge in [-0.1, -0.05) is 92.2 Å². The van der Waals surface area contributed by atoms with Gasteiger partial charge in [-0.25, -0.2) is 9.59 Å². The van der Waals surface area contributed by atoms with Crippen molar-refractivity contribution in [3.63, 3.8) is 0 Å². The molecule has 42 heavy (non-hydrogen) atoms. The van der Waals surface area contributed by atoms with Crippen LogP contribution in [0.15, 0.2) is 78.9 Å². The summed E-state index contributed by atoms with van der Waals surface area (Å²) in [4.78, 5) is 37.2. The van der Waals surface area contributed by atoms with Crippen LogP contribution in [0.25, 0.3) is 11.1 Å². The lowest BCUT2D eigenvalue weighted by atomic mass is 9.98. The molecule has 0 fully saturated rings. The minimum absolute atomic E-state index is 0.00102. The maximum atomic E-state index is 12.8. The Hall–Kier alpha value is -4.17. The number of carboxylic acid groups (broad SMARTS) is 1. The Kier molecular flexibility index (Phi) is 10.7. The monoisotopic (exact) mass is 572 g/mol. The van der Waals surface area contributed by atoms with E-state index in [0.717, 1.165) is 16.7 Å². The molecule has 8 nitrogen and oxygen atoms in total. The number of ether oxygens (including phenoxy) is 2. The SMILES string of the molecule is CC(CCCC(C)C(=O)N[C@H](C(=O)O)[C@@H](C)OCc1ccccc1)NC(=O)OCC1c2ccccc2-c2ccccc21. The molecule has 0 bridgehead atoms. The van der Waals surface area contributed by atoms with Crippen LogP contribution in [-0.2, 0) is 25.7 Å². The van der Waals surface area contributed by atoms with Crippen molar-refractivity contribution in [1.29, 1.82) is 0 Å². The highest BCUT2D eigenvalue weighted by atomic mass is 16.5. The zero-order valence-corrected chi connectivity index (χ0v) is 24.4. The molecule has 1 aliphatic rings. The standard InChI is InChI=1S/C34H40N2O6/c1-22(32(37)36-31(33(38)39)24(3)41-20-25-14-5-4-6-15-25)12-11-13-23(2)35-34(40)42-21-30-28-18-9-7-16-26(28)27-17-8-10-19-29(27)30/h4-10,14-19,22-24,30-31H,11-13,20-21H2,1-3H3,(H,35,40)(H,36,37)(H,38,39)/t22?,23?,24-,31+/m1/s1. The van der Waals surface area contributed by atoms with E-state index in [9.17, 15) is 19.5 Å². The maximum Gasteiger partial charge on any atom is 0.407 e. The van der Waals surface area contributed by atoms with Gasteiger partial charge in [0, 0.05) is 17.9 Å². The first-order chi connectivity index (χ1) is 20.2. The molecule has 3 aromatic carbocycles. The third-order valence-electron chi connectivity index (χ3n) is 7.82. The predicted octanol–water partition coefficient (Wildman–Crippen LogP) is 5.89. The van der Waals surface area contributed by atoms with Crippen LogP contribution in [0.1, 0.15) is 62.6 Å². The van der Waals surface area contributed by atoms with Crippen LogP contribution in [0.5, 0.6) is 0 Å². The molecule has 0 saturated carbocycles. The van der Waals surface area contributed by atoms with Gasteiger partial charge in [0.05, 0.1) is 12.7 Å². The molecular formula is C34H40N2O6. The van der Waals surface area contributed by atoms with Gasteiger partial charge in [-0.05, 0) is 54.5 Å². The van der Waals surface area contributed by atoms with Crippen LogP contribution in [0.3, 0.4) is 0 Å². The summed E-state index contributed by atoms with van der Waals surface area (Å²) in [6.45, 7) is 5.82. The number of carbonyl (C=O) groups is 3. The summed E-state index contributed by atoms with van der Waals surface area (Å²) in [5, 5.41) is 15.2. The minimum atomic E-state index is -1.15. The smallest absolute Gasteiger partial charge is 0.407 e. The summed E-state index contributed by atoms with van der Waals surface area (Å²) in [6, 6.07) is 24.6. The Morgan fingerprint density at radius 3 is 2.02 bits per heavy atom. The van der Waals surface area contributed by atoms with Crippen molar-refractivity contribution in [1.82, 2.24) is 10.6 Å². The van der Waals surface area contributed by atoms with E-state index in [1.807, 2.05) is 61.5 Å². The third-order valence-corrected chi connectivity index (χ3v) is 7.82. The summed E-state index contributed by atoms with van der Waals surface area (Å²) in [7, 11) is 0. The number of carbonyl (C=O) groups excluding carboxylic acids is 2. The number of aliphatic carboxylic acids is 1. The minimum Gasteiger partial charge on any atom is -0.480 e. The van der Waals surface area contributed by atoms with Gasteiger partial charge in [-0.15, -0.1) is 0 Å². The molecular weight excluding hydrogens is 532 g/mol. The third kappa shape index (κ3) is 7.97. The van der Waals surface area contributed by atoms with Gasteiger partial charge < -0.3 is 25.2 Å². The second kappa shape index (κ2) is 14.6. The number of hydrogen-bond acceptors (Lipinski definition) is 5. The fourth-order valence-corrected chi connectivity index (χ4v) is 5.35. The van der Waals surface area contributed by atoms with Crippen LogP contribution < -0.4 is 10.6 Å². The van der Waals surface area contributed by atoms with Crippen molar-refractivity contribution in [2.75, 3.05) is 6.61 Å². The van der Waals surface area contributed by atoms with Crippen LogP contribution in [0.4, 0.5) is 4.79 Å². The summed E-state index contributed by atoms with van der Waals surface area (Å²) in [6.07, 6.45) is 0.704. The second-order valence-electron chi connectivity index (χ2n) is 11.0. The summed E-state index contributed by atoms with van der Waals surface area (Å²) >= 11 is 0. The van der Waals surface area contributed by atoms with Crippen LogP contribution in [0, 0.1) is 5.92 Å². The Balaban J connectivity index is 1.17. The van der Waals surface area contributed by atoms with Gasteiger partial charge in [-0.3, -0.25) is 4.79 Å². The molecule has 4 atom stereocenters. The van der Waals surface area contributed by atoms with E-state index >= 15 is 0 Å². The fourth-order valence-electron chi connectivity index (χ4n) is 5.35. The largest absolute Gasteiger partial charge is 0.480 e. The maximum absolute atomic E-state index is 12.8. The molecule has 0 radical (unpaired) electrons. The second-order valence-corrected chi connectivity index (χ2v) is 11.0. The number of fused-ring (bicyclic) bond motifs is 3. The Bertz CT molecular complexity index is 1320. The highest BCUT2D eigenvalue weighted by Gasteiger charge is 2.30. The first kappa shape index (κ1) is 30.8. The molecule has 2 unspecified atom stereocenters. The van der Waals surface area contributed by atoms with E-state index < -0.39 is 30.1 Å². The molecule has 0 aliphatic heterocycles. The fraction of sp³-hybridized carbons (Fsp3) is 0.382. The number of carboxylic acids is 1. The van der Waals surface area contributed by atoms with Gasteiger partial charge in [-0.2, -0.15) is 0 Å². The van der Waals surface area contributed by atoms with Crippen molar-refractivity contribution in [3.8, 4) is 11.1 Å². The van der Waals surface area contributed by atoms with Crippen LogP contribution >= 0.6 is 0 Å². The van der Waals surface area contributed by atoms with Gasteiger partial charge in [0.2, 0.25) is 5.91 Å². The molecule has 2 amide bonds. The van der Waals surface area contributed by atoms with Crippen molar-refractivity contribution in [2.24, 2.45) is 5.92 Å². The average Bonchev–Trinajstić information content (AvgIpc) is 3.31. The molecule has 222 valence electrons. The molecule has 4 rings (SSSR count). The predicted molar refractivity (Wildman–Crippen MR) is 161 cm³/mol. The lowest BCUT2D eigenvalue weighted by Gasteiger charge is -2.24. The molecule has 1 aliphatic carbocycles. The average molecular weight is 573 g/mol. The number of benzene rings is 3. The van der Waals surface area contributed by atoms with Crippen LogP contribution in [0.2, 0.25) is 0 Å². The van der Waals surface area contributed by atoms with E-state index in [1.165, 1.54) is 11.1 Å². The van der Waals surface area contributed by atoms with E-state index in [4.69, 9.17) is 9.47 Å². The number of amides is 2. The summed E-state index contributed by atoms with van der Waals surface area (Å²) in [5.41, 5.74) is 5.60. The van der Waals surface area contributed by atoms with E-state index in [-0.39, 0.29) is 31.1 Å². The van der Waals surface area contributed by atoms with Crippen molar-refractivity contribution in [2.45, 2.75) is 70.7 Å². The van der Waals surface area contributed by atoms with Crippen molar-refractivity contribution in [3.05, 3.63) is 95.6 Å². The number of nitrogens with one attached hydrogen (secondary N) is 2. The molecule has 3 N–H and O–H groups in total. The lowest BCUT2D eigenvalue weighted by molar-refractivity contribution is -0.147. The number of hydrogen-bond donors (Lipinski definition) is 3. The Labute approximate surface area is 247 Å². The van der Waals surface area contributed by atoms with Gasteiger partial charge >= 0.3 is 12.1 Å². The Morgan fingerprint density at radius 1 is 0.810 bits per heavy atom. The van der Waals surface area contributed by atoms with E-state index in [0.29, 0.717) is 19.3 Å². The number of rotatable bonds is 14. The normalized spacial score (nSPS) is 15.0. The molecule has 0 saturated heterocycles. The summed E-state index contributed by atoms with van der Waals surface area (Å²) < 4.78 is 11.4. The molecule has 0 spiro atoms. The van der Waals surface area contributed by atoms with Gasteiger partial charge in [0.15, 0.2) is 6.04 Å². The molecule has 0 heterocycles. The quantitative estimate of drug-likeness (QED) is 0.222. The van der Waals surface area contributed by atoms with Gasteiger partial charge in [0.25, 0.3) is 0 Å².